The van der Waals surface area contributed by atoms with Crippen LogP contribution in [0.3, 0.4) is 0 Å². The zero-order valence-corrected chi connectivity index (χ0v) is 12.4. The first-order valence-electron chi connectivity index (χ1n) is 6.94. The largest absolute Gasteiger partial charge is 0.481 e. The summed E-state index contributed by atoms with van der Waals surface area (Å²) in [7, 11) is 0. The van der Waals surface area contributed by atoms with E-state index in [0.717, 1.165) is 5.69 Å². The second kappa shape index (κ2) is 6.38. The Morgan fingerprint density at radius 2 is 2.09 bits per heavy atom. The molecule has 2 aromatic rings. The van der Waals surface area contributed by atoms with E-state index in [9.17, 15) is 14.4 Å². The molecule has 0 spiro atoms. The van der Waals surface area contributed by atoms with Gasteiger partial charge in [0.2, 0.25) is 5.43 Å². The lowest BCUT2D eigenvalue weighted by atomic mass is 10.1. The summed E-state index contributed by atoms with van der Waals surface area (Å²) < 4.78 is 1.73. The van der Waals surface area contributed by atoms with Crippen molar-refractivity contribution in [3.63, 3.8) is 0 Å². The molecule has 1 amide bonds. The molecule has 2 rings (SSSR count). The van der Waals surface area contributed by atoms with E-state index in [2.05, 4.69) is 10.3 Å². The van der Waals surface area contributed by atoms with Crippen molar-refractivity contribution in [1.82, 2.24) is 14.9 Å². The van der Waals surface area contributed by atoms with Crippen LogP contribution in [-0.2, 0) is 11.3 Å². The van der Waals surface area contributed by atoms with Crippen LogP contribution in [0, 0.1) is 6.92 Å². The van der Waals surface area contributed by atoms with E-state index in [1.807, 2.05) is 13.8 Å². The summed E-state index contributed by atoms with van der Waals surface area (Å²) in [6.07, 6.45) is 1.27. The van der Waals surface area contributed by atoms with Gasteiger partial charge in [-0.3, -0.25) is 14.4 Å². The number of carboxylic acids is 1. The fourth-order valence-electron chi connectivity index (χ4n) is 2.14. The zero-order valence-electron chi connectivity index (χ0n) is 12.4. The number of aromatic nitrogens is 2. The standard InChI is InChI=1S/C15H17N3O4/c1-3-18-8-11(15(22)16-7-6-12(19)20)13(21)10-5-4-9(2)17-14(10)18/h4-5,8H,3,6-7H2,1-2H3,(H,16,22)(H,19,20). The van der Waals surface area contributed by atoms with Crippen molar-refractivity contribution in [2.75, 3.05) is 6.54 Å². The molecule has 2 aromatic heterocycles. The van der Waals surface area contributed by atoms with Gasteiger partial charge in [-0.15, -0.1) is 0 Å². The first-order valence-corrected chi connectivity index (χ1v) is 6.94. The first-order chi connectivity index (χ1) is 10.4. The van der Waals surface area contributed by atoms with E-state index < -0.39 is 17.3 Å². The first kappa shape index (κ1) is 15.7. The van der Waals surface area contributed by atoms with Crippen LogP contribution in [0.2, 0.25) is 0 Å². The van der Waals surface area contributed by atoms with Crippen LogP contribution in [0.1, 0.15) is 29.4 Å². The Bertz CT molecular complexity index is 795. The van der Waals surface area contributed by atoms with Crippen molar-refractivity contribution in [2.24, 2.45) is 0 Å². The molecule has 7 nitrogen and oxygen atoms in total. The van der Waals surface area contributed by atoms with Gasteiger partial charge in [0.25, 0.3) is 5.91 Å². The fraction of sp³-hybridized carbons (Fsp3) is 0.333. The van der Waals surface area contributed by atoms with Crippen LogP contribution >= 0.6 is 0 Å². The van der Waals surface area contributed by atoms with Gasteiger partial charge in [-0.25, -0.2) is 4.98 Å². The summed E-state index contributed by atoms with van der Waals surface area (Å²) in [6.45, 7) is 4.25. The Morgan fingerprint density at radius 1 is 1.36 bits per heavy atom. The van der Waals surface area contributed by atoms with E-state index in [4.69, 9.17) is 5.11 Å². The molecule has 0 bridgehead atoms. The Labute approximate surface area is 126 Å². The van der Waals surface area contributed by atoms with Gasteiger partial charge in [-0.2, -0.15) is 0 Å². The Morgan fingerprint density at radius 3 is 2.73 bits per heavy atom. The van der Waals surface area contributed by atoms with Crippen molar-refractivity contribution >= 4 is 22.9 Å². The van der Waals surface area contributed by atoms with Gasteiger partial charge in [-0.1, -0.05) is 0 Å². The maximum Gasteiger partial charge on any atom is 0.305 e. The van der Waals surface area contributed by atoms with Gasteiger partial charge in [0.1, 0.15) is 11.2 Å². The van der Waals surface area contributed by atoms with Crippen LogP contribution in [0.5, 0.6) is 0 Å². The highest BCUT2D eigenvalue weighted by Gasteiger charge is 2.15. The molecular formula is C15H17N3O4. The normalized spacial score (nSPS) is 10.6. The maximum absolute atomic E-state index is 12.4. The number of nitrogens with zero attached hydrogens (tertiary/aromatic N) is 2. The number of hydrogen-bond donors (Lipinski definition) is 2. The highest BCUT2D eigenvalue weighted by molar-refractivity contribution is 5.97. The van der Waals surface area contributed by atoms with Crippen LogP contribution in [0.4, 0.5) is 0 Å². The number of amides is 1. The van der Waals surface area contributed by atoms with Crippen molar-refractivity contribution < 1.29 is 14.7 Å². The molecule has 0 aliphatic carbocycles. The highest BCUT2D eigenvalue weighted by atomic mass is 16.4. The predicted octanol–water partition coefficient (Wildman–Crippen LogP) is 0.929. The van der Waals surface area contributed by atoms with E-state index in [1.54, 1.807) is 16.7 Å². The fourth-order valence-corrected chi connectivity index (χ4v) is 2.14. The molecule has 7 heteroatoms. The monoisotopic (exact) mass is 303 g/mol. The number of hydrogen-bond acceptors (Lipinski definition) is 4. The number of fused-ring (bicyclic) bond motifs is 1. The van der Waals surface area contributed by atoms with Crippen molar-refractivity contribution in [3.8, 4) is 0 Å². The minimum atomic E-state index is -1.01. The quantitative estimate of drug-likeness (QED) is 0.855. The minimum Gasteiger partial charge on any atom is -0.481 e. The summed E-state index contributed by atoms with van der Waals surface area (Å²) >= 11 is 0. The van der Waals surface area contributed by atoms with E-state index in [0.29, 0.717) is 17.6 Å². The number of nitrogens with one attached hydrogen (secondary N) is 1. The molecule has 0 aliphatic rings. The number of rotatable bonds is 5. The van der Waals surface area contributed by atoms with Crippen LogP contribution in [0.25, 0.3) is 11.0 Å². The topological polar surface area (TPSA) is 101 Å². The number of pyridine rings is 2. The average molecular weight is 303 g/mol. The lowest BCUT2D eigenvalue weighted by Gasteiger charge is -2.11. The number of aryl methyl sites for hydroxylation is 2. The van der Waals surface area contributed by atoms with Gasteiger partial charge >= 0.3 is 5.97 Å². The molecule has 0 fully saturated rings. The van der Waals surface area contributed by atoms with Crippen LogP contribution < -0.4 is 10.7 Å². The summed E-state index contributed by atoms with van der Waals surface area (Å²) in [5.74, 6) is -1.58. The van der Waals surface area contributed by atoms with E-state index >= 15 is 0 Å². The molecule has 116 valence electrons. The molecule has 0 saturated carbocycles. The minimum absolute atomic E-state index is 0.00890. The second-order valence-corrected chi connectivity index (χ2v) is 4.88. The Hall–Kier alpha value is -2.70. The molecule has 0 aliphatic heterocycles. The third-order valence-corrected chi connectivity index (χ3v) is 3.27. The third kappa shape index (κ3) is 3.13. The number of carbonyl (C=O) groups excluding carboxylic acids is 1. The van der Waals surface area contributed by atoms with Gasteiger partial charge in [0.15, 0.2) is 0 Å². The lowest BCUT2D eigenvalue weighted by Crippen LogP contribution is -2.31. The maximum atomic E-state index is 12.4. The molecule has 22 heavy (non-hydrogen) atoms. The SMILES string of the molecule is CCn1cc(C(=O)NCCC(=O)O)c(=O)c2ccc(C)nc21. The second-order valence-electron chi connectivity index (χ2n) is 4.88. The van der Waals surface area contributed by atoms with Gasteiger partial charge in [0, 0.05) is 25.0 Å². The van der Waals surface area contributed by atoms with Crippen molar-refractivity contribution in [3.05, 3.63) is 39.8 Å². The summed E-state index contributed by atoms with van der Waals surface area (Å²) in [6, 6.07) is 3.37. The summed E-state index contributed by atoms with van der Waals surface area (Å²) in [4.78, 5) is 39.3. The molecule has 0 aromatic carbocycles. The van der Waals surface area contributed by atoms with Crippen LogP contribution in [0.15, 0.2) is 23.1 Å². The van der Waals surface area contributed by atoms with Crippen molar-refractivity contribution in [2.45, 2.75) is 26.8 Å². The van der Waals surface area contributed by atoms with E-state index in [-0.39, 0.29) is 18.5 Å². The Balaban J connectivity index is 2.44. The smallest absolute Gasteiger partial charge is 0.305 e. The van der Waals surface area contributed by atoms with Gasteiger partial charge in [0.05, 0.1) is 11.8 Å². The lowest BCUT2D eigenvalue weighted by molar-refractivity contribution is -0.136. The molecule has 2 N–H and O–H groups in total. The number of aliphatic carboxylic acids is 1. The highest BCUT2D eigenvalue weighted by Crippen LogP contribution is 2.10. The molecule has 0 saturated heterocycles. The third-order valence-electron chi connectivity index (χ3n) is 3.27. The average Bonchev–Trinajstić information content (AvgIpc) is 2.47. The predicted molar refractivity (Wildman–Crippen MR) is 81.0 cm³/mol. The van der Waals surface area contributed by atoms with Gasteiger partial charge in [-0.05, 0) is 26.0 Å². The van der Waals surface area contributed by atoms with Crippen molar-refractivity contribution in [1.29, 1.82) is 0 Å². The zero-order chi connectivity index (χ0) is 16.3. The molecule has 2 heterocycles. The number of carbonyl (C=O) groups is 2. The summed E-state index contributed by atoms with van der Waals surface area (Å²) in [5.41, 5.74) is 0.910. The van der Waals surface area contributed by atoms with E-state index in [1.165, 1.54) is 6.20 Å². The molecular weight excluding hydrogens is 286 g/mol. The molecule has 0 radical (unpaired) electrons. The summed E-state index contributed by atoms with van der Waals surface area (Å²) in [5, 5.41) is 11.4. The Kier molecular flexibility index (Phi) is 4.55. The van der Waals surface area contributed by atoms with Crippen LogP contribution in [-0.4, -0.2) is 33.1 Å². The van der Waals surface area contributed by atoms with Gasteiger partial charge < -0.3 is 15.0 Å². The molecule has 0 atom stereocenters. The molecule has 0 unspecified atom stereocenters. The number of carboxylic acid groups (broad SMARTS) is 1.